The molecule has 0 radical (unpaired) electrons. The van der Waals surface area contributed by atoms with Gasteiger partial charge in [0.15, 0.2) is 0 Å². The number of nitrogens with zero attached hydrogens (tertiary/aromatic N) is 2. The number of rotatable bonds is 1. The summed E-state index contributed by atoms with van der Waals surface area (Å²) in [5, 5.41) is 1.35. The summed E-state index contributed by atoms with van der Waals surface area (Å²) in [7, 11) is 2.20. The summed E-state index contributed by atoms with van der Waals surface area (Å²) < 4.78 is 0. The van der Waals surface area contributed by atoms with E-state index in [9.17, 15) is 0 Å². The van der Waals surface area contributed by atoms with E-state index in [1.807, 2.05) is 17.5 Å². The van der Waals surface area contributed by atoms with E-state index in [0.29, 0.717) is 0 Å². The second-order valence-electron chi connectivity index (χ2n) is 3.89. The molecule has 2 heterocycles. The lowest BCUT2D eigenvalue weighted by atomic mass is 9.98. The molecule has 72 valence electrons. The Hall–Kier alpha value is -0.410. The Morgan fingerprint density at radius 1 is 1.46 bits per heavy atom. The third kappa shape index (κ3) is 2.09. The molecule has 13 heavy (non-hydrogen) atoms. The SMILES string of the molecule is Cc1cnc(C2CCN(C)CC2)s1. The number of aromatic nitrogens is 1. The first-order valence-corrected chi connectivity index (χ1v) is 5.68. The van der Waals surface area contributed by atoms with Crippen molar-refractivity contribution in [3.05, 3.63) is 16.1 Å². The van der Waals surface area contributed by atoms with Gasteiger partial charge >= 0.3 is 0 Å². The van der Waals surface area contributed by atoms with Crippen LogP contribution in [0, 0.1) is 6.92 Å². The highest BCUT2D eigenvalue weighted by molar-refractivity contribution is 7.11. The van der Waals surface area contributed by atoms with E-state index >= 15 is 0 Å². The maximum absolute atomic E-state index is 4.46. The Bertz CT molecular complexity index is 274. The number of aryl methyl sites for hydroxylation is 1. The van der Waals surface area contributed by atoms with Gasteiger partial charge in [-0.2, -0.15) is 0 Å². The molecule has 1 aromatic rings. The van der Waals surface area contributed by atoms with Crippen LogP contribution in [0.2, 0.25) is 0 Å². The van der Waals surface area contributed by atoms with Crippen LogP contribution in [0.1, 0.15) is 28.6 Å². The minimum Gasteiger partial charge on any atom is -0.306 e. The number of hydrogen-bond acceptors (Lipinski definition) is 3. The molecule has 2 rings (SSSR count). The van der Waals surface area contributed by atoms with E-state index in [2.05, 4.69) is 23.9 Å². The number of likely N-dealkylation sites (tertiary alicyclic amines) is 1. The van der Waals surface area contributed by atoms with Gasteiger partial charge in [-0.25, -0.2) is 4.98 Å². The molecule has 0 aliphatic carbocycles. The van der Waals surface area contributed by atoms with Crippen LogP contribution in [0.5, 0.6) is 0 Å². The van der Waals surface area contributed by atoms with Gasteiger partial charge in [0.1, 0.15) is 0 Å². The molecule has 0 N–H and O–H groups in total. The first kappa shape index (κ1) is 9.16. The summed E-state index contributed by atoms with van der Waals surface area (Å²) >= 11 is 1.87. The van der Waals surface area contributed by atoms with Crippen molar-refractivity contribution in [2.24, 2.45) is 0 Å². The van der Waals surface area contributed by atoms with Crippen LogP contribution in [-0.4, -0.2) is 30.0 Å². The summed E-state index contributed by atoms with van der Waals surface area (Å²) in [6.07, 6.45) is 4.56. The molecule has 0 aromatic carbocycles. The van der Waals surface area contributed by atoms with Crippen molar-refractivity contribution in [1.29, 1.82) is 0 Å². The van der Waals surface area contributed by atoms with Crippen LogP contribution in [0.15, 0.2) is 6.20 Å². The molecule has 1 fully saturated rings. The summed E-state index contributed by atoms with van der Waals surface area (Å²) in [4.78, 5) is 8.21. The standard InChI is InChI=1S/C10H16N2S/c1-8-7-11-10(13-8)9-3-5-12(2)6-4-9/h7,9H,3-6H2,1-2H3. The van der Waals surface area contributed by atoms with E-state index in [-0.39, 0.29) is 0 Å². The second kappa shape index (κ2) is 3.76. The van der Waals surface area contributed by atoms with Gasteiger partial charge in [-0.1, -0.05) is 0 Å². The quantitative estimate of drug-likeness (QED) is 0.685. The molecule has 0 atom stereocenters. The average Bonchev–Trinajstić information content (AvgIpc) is 2.53. The number of piperidine rings is 1. The Kier molecular flexibility index (Phi) is 2.65. The molecule has 0 spiro atoms. The molecule has 0 bridgehead atoms. The fraction of sp³-hybridized carbons (Fsp3) is 0.700. The maximum Gasteiger partial charge on any atom is 0.0959 e. The summed E-state index contributed by atoms with van der Waals surface area (Å²) in [6.45, 7) is 4.59. The van der Waals surface area contributed by atoms with Crippen molar-refractivity contribution < 1.29 is 0 Å². The Balaban J connectivity index is 2.02. The lowest BCUT2D eigenvalue weighted by Gasteiger charge is -2.27. The van der Waals surface area contributed by atoms with Crippen LogP contribution in [0.4, 0.5) is 0 Å². The fourth-order valence-electron chi connectivity index (χ4n) is 1.82. The third-order valence-corrected chi connectivity index (χ3v) is 3.78. The second-order valence-corrected chi connectivity index (χ2v) is 5.15. The van der Waals surface area contributed by atoms with E-state index in [0.717, 1.165) is 5.92 Å². The Morgan fingerprint density at radius 3 is 2.69 bits per heavy atom. The smallest absolute Gasteiger partial charge is 0.0959 e. The van der Waals surface area contributed by atoms with Crippen LogP contribution in [0.25, 0.3) is 0 Å². The number of thiazole rings is 1. The highest BCUT2D eigenvalue weighted by atomic mass is 32.1. The molecule has 3 heteroatoms. The molecule has 1 aromatic heterocycles. The summed E-state index contributed by atoms with van der Waals surface area (Å²) in [5.74, 6) is 0.731. The Morgan fingerprint density at radius 2 is 2.15 bits per heavy atom. The van der Waals surface area contributed by atoms with E-state index < -0.39 is 0 Å². The predicted octanol–water partition coefficient (Wildman–Crippen LogP) is 2.26. The van der Waals surface area contributed by atoms with Gasteiger partial charge in [-0.05, 0) is 39.9 Å². The van der Waals surface area contributed by atoms with Gasteiger partial charge in [0, 0.05) is 17.0 Å². The molecule has 0 unspecified atom stereocenters. The highest BCUT2D eigenvalue weighted by Crippen LogP contribution is 2.29. The minimum atomic E-state index is 0.731. The lowest BCUT2D eigenvalue weighted by Crippen LogP contribution is -2.29. The first-order valence-electron chi connectivity index (χ1n) is 4.86. The van der Waals surface area contributed by atoms with Crippen molar-refractivity contribution in [2.75, 3.05) is 20.1 Å². The lowest BCUT2D eigenvalue weighted by molar-refractivity contribution is 0.255. The summed E-state index contributed by atoms with van der Waals surface area (Å²) in [5.41, 5.74) is 0. The first-order chi connectivity index (χ1) is 6.25. The highest BCUT2D eigenvalue weighted by Gasteiger charge is 2.20. The third-order valence-electron chi connectivity index (χ3n) is 2.71. The van der Waals surface area contributed by atoms with Crippen molar-refractivity contribution >= 4 is 11.3 Å². The van der Waals surface area contributed by atoms with Crippen LogP contribution in [0.3, 0.4) is 0 Å². The van der Waals surface area contributed by atoms with Crippen LogP contribution in [-0.2, 0) is 0 Å². The van der Waals surface area contributed by atoms with Gasteiger partial charge in [-0.3, -0.25) is 0 Å². The molecular formula is C10H16N2S. The molecule has 1 aliphatic rings. The van der Waals surface area contributed by atoms with E-state index in [1.165, 1.54) is 35.8 Å². The van der Waals surface area contributed by atoms with Crippen molar-refractivity contribution in [3.63, 3.8) is 0 Å². The molecule has 0 saturated carbocycles. The topological polar surface area (TPSA) is 16.1 Å². The van der Waals surface area contributed by atoms with Crippen LogP contribution >= 0.6 is 11.3 Å². The molecule has 1 saturated heterocycles. The summed E-state index contributed by atoms with van der Waals surface area (Å²) in [6, 6.07) is 0. The van der Waals surface area contributed by atoms with Gasteiger partial charge in [0.2, 0.25) is 0 Å². The van der Waals surface area contributed by atoms with E-state index in [4.69, 9.17) is 0 Å². The predicted molar refractivity (Wildman–Crippen MR) is 56.3 cm³/mol. The zero-order valence-corrected chi connectivity index (χ0v) is 9.10. The van der Waals surface area contributed by atoms with Crippen molar-refractivity contribution in [2.45, 2.75) is 25.7 Å². The maximum atomic E-state index is 4.46. The average molecular weight is 196 g/mol. The molecule has 2 nitrogen and oxygen atoms in total. The molecular weight excluding hydrogens is 180 g/mol. The normalized spacial score (nSPS) is 20.8. The van der Waals surface area contributed by atoms with Crippen molar-refractivity contribution in [3.8, 4) is 0 Å². The number of hydrogen-bond donors (Lipinski definition) is 0. The minimum absolute atomic E-state index is 0.731. The van der Waals surface area contributed by atoms with Gasteiger partial charge in [0.05, 0.1) is 5.01 Å². The van der Waals surface area contributed by atoms with E-state index in [1.54, 1.807) is 0 Å². The largest absolute Gasteiger partial charge is 0.306 e. The molecule has 1 aliphatic heterocycles. The van der Waals surface area contributed by atoms with Crippen LogP contribution < -0.4 is 0 Å². The zero-order valence-electron chi connectivity index (χ0n) is 8.29. The van der Waals surface area contributed by atoms with Gasteiger partial charge in [-0.15, -0.1) is 11.3 Å². The van der Waals surface area contributed by atoms with Gasteiger partial charge < -0.3 is 4.90 Å². The Labute approximate surface area is 83.6 Å². The monoisotopic (exact) mass is 196 g/mol. The van der Waals surface area contributed by atoms with Gasteiger partial charge in [0.25, 0.3) is 0 Å². The molecule has 0 amide bonds. The zero-order chi connectivity index (χ0) is 9.26. The van der Waals surface area contributed by atoms with Crippen molar-refractivity contribution in [1.82, 2.24) is 9.88 Å². The fourth-order valence-corrected chi connectivity index (χ4v) is 2.76.